The van der Waals surface area contributed by atoms with E-state index in [9.17, 15) is 14.7 Å². The lowest BCUT2D eigenvalue weighted by molar-refractivity contribution is -0.130. The van der Waals surface area contributed by atoms with Gasteiger partial charge in [0.1, 0.15) is 0 Å². The maximum Gasteiger partial charge on any atom is 0.260 e. The zero-order valence-electron chi connectivity index (χ0n) is 11.1. The van der Waals surface area contributed by atoms with Gasteiger partial charge in [-0.15, -0.1) is 0 Å². The van der Waals surface area contributed by atoms with Gasteiger partial charge in [0.05, 0.1) is 25.7 Å². The maximum absolute atomic E-state index is 12.3. The highest BCUT2D eigenvalue weighted by Crippen LogP contribution is 2.22. The fourth-order valence-electron chi connectivity index (χ4n) is 2.78. The van der Waals surface area contributed by atoms with Gasteiger partial charge in [0.15, 0.2) is 0 Å². The van der Waals surface area contributed by atoms with Crippen molar-refractivity contribution in [1.82, 2.24) is 4.90 Å². The fourth-order valence-corrected chi connectivity index (χ4v) is 2.78. The summed E-state index contributed by atoms with van der Waals surface area (Å²) in [6.45, 7) is 1.18. The molecule has 1 saturated heterocycles. The van der Waals surface area contributed by atoms with Crippen LogP contribution in [0.5, 0.6) is 0 Å². The first kappa shape index (κ1) is 13.3. The van der Waals surface area contributed by atoms with E-state index in [0.29, 0.717) is 18.8 Å². The van der Waals surface area contributed by atoms with Crippen LogP contribution < -0.4 is 0 Å². The van der Waals surface area contributed by atoms with Crippen LogP contribution in [0.4, 0.5) is 0 Å². The number of carbonyl (C=O) groups is 2. The molecule has 1 aromatic rings. The molecular weight excluding hydrogens is 258 g/mol. The molecule has 1 aromatic carbocycles. The number of aliphatic hydroxyl groups is 1. The van der Waals surface area contributed by atoms with E-state index in [1.54, 1.807) is 18.2 Å². The van der Waals surface area contributed by atoms with Gasteiger partial charge in [-0.2, -0.15) is 0 Å². The minimum absolute atomic E-state index is 0.00719. The molecule has 5 heteroatoms. The Morgan fingerprint density at radius 1 is 1.35 bits per heavy atom. The minimum Gasteiger partial charge on any atom is -0.391 e. The van der Waals surface area contributed by atoms with E-state index in [1.165, 1.54) is 4.90 Å². The van der Waals surface area contributed by atoms with Crippen LogP contribution in [0.15, 0.2) is 24.3 Å². The molecular formula is C15H17NO4. The van der Waals surface area contributed by atoms with Crippen LogP contribution in [0.3, 0.4) is 0 Å². The molecule has 0 bridgehead atoms. The van der Waals surface area contributed by atoms with Gasteiger partial charge in [0.2, 0.25) is 5.91 Å². The van der Waals surface area contributed by atoms with Crippen LogP contribution in [-0.4, -0.2) is 47.7 Å². The summed E-state index contributed by atoms with van der Waals surface area (Å²) in [5.41, 5.74) is 1.32. The Labute approximate surface area is 117 Å². The number of fused-ring (bicyclic) bond motifs is 1. The van der Waals surface area contributed by atoms with Crippen molar-refractivity contribution in [2.45, 2.75) is 18.9 Å². The highest BCUT2D eigenvalue weighted by atomic mass is 16.5. The Balaban J connectivity index is 1.77. The summed E-state index contributed by atoms with van der Waals surface area (Å²) in [7, 11) is 0. The predicted octanol–water partition coefficient (Wildman–Crippen LogP) is 0.609. The van der Waals surface area contributed by atoms with E-state index in [1.807, 2.05) is 6.07 Å². The second kappa shape index (κ2) is 5.34. The third-order valence-corrected chi connectivity index (χ3v) is 4.01. The van der Waals surface area contributed by atoms with Gasteiger partial charge in [-0.3, -0.25) is 14.5 Å². The molecule has 2 aliphatic heterocycles. The quantitative estimate of drug-likeness (QED) is 0.821. The summed E-state index contributed by atoms with van der Waals surface area (Å²) in [5, 5.41) is 10.2. The third kappa shape index (κ3) is 2.34. The van der Waals surface area contributed by atoms with Gasteiger partial charge in [0, 0.05) is 18.1 Å². The lowest BCUT2D eigenvalue weighted by Crippen LogP contribution is -2.47. The van der Waals surface area contributed by atoms with Crippen LogP contribution in [0.1, 0.15) is 22.3 Å². The van der Waals surface area contributed by atoms with Crippen molar-refractivity contribution in [3.8, 4) is 0 Å². The largest absolute Gasteiger partial charge is 0.391 e. The van der Waals surface area contributed by atoms with Crippen LogP contribution in [0.2, 0.25) is 0 Å². The van der Waals surface area contributed by atoms with Gasteiger partial charge >= 0.3 is 0 Å². The molecule has 20 heavy (non-hydrogen) atoms. The standard InChI is InChI=1S/C15H17NO4/c17-13(11-5-6-20-9-11)8-16-14(18)7-10-3-1-2-4-12(10)15(16)19/h1-4,11,13,17H,5-9H2. The summed E-state index contributed by atoms with van der Waals surface area (Å²) < 4.78 is 5.23. The van der Waals surface area contributed by atoms with Crippen LogP contribution >= 0.6 is 0 Å². The number of β-amino-alcohol motifs (C(OH)–C–C–N with tert-alkyl or cyclic N) is 1. The number of amides is 2. The van der Waals surface area contributed by atoms with Crippen LogP contribution in [0.25, 0.3) is 0 Å². The van der Waals surface area contributed by atoms with Gasteiger partial charge in [0.25, 0.3) is 5.91 Å². The van der Waals surface area contributed by atoms with E-state index in [2.05, 4.69) is 0 Å². The molecule has 2 heterocycles. The molecule has 1 fully saturated rings. The summed E-state index contributed by atoms with van der Waals surface area (Å²) in [4.78, 5) is 25.6. The molecule has 1 N–H and O–H groups in total. The van der Waals surface area contributed by atoms with Crippen molar-refractivity contribution < 1.29 is 19.4 Å². The van der Waals surface area contributed by atoms with Gasteiger partial charge in [-0.1, -0.05) is 18.2 Å². The number of benzene rings is 1. The molecule has 5 nitrogen and oxygen atoms in total. The zero-order chi connectivity index (χ0) is 14.1. The first-order valence-corrected chi connectivity index (χ1v) is 6.85. The molecule has 2 amide bonds. The number of ether oxygens (including phenoxy) is 1. The molecule has 2 unspecified atom stereocenters. The van der Waals surface area contributed by atoms with Gasteiger partial charge in [-0.25, -0.2) is 0 Å². The van der Waals surface area contributed by atoms with Crippen molar-refractivity contribution >= 4 is 11.8 Å². The zero-order valence-corrected chi connectivity index (χ0v) is 11.1. The van der Waals surface area contributed by atoms with E-state index in [0.717, 1.165) is 12.0 Å². The SMILES string of the molecule is O=C1Cc2ccccc2C(=O)N1CC(O)C1CCOC1. The Kier molecular flexibility index (Phi) is 3.54. The molecule has 0 spiro atoms. The third-order valence-electron chi connectivity index (χ3n) is 4.01. The number of carbonyl (C=O) groups excluding carboxylic acids is 2. The second-order valence-corrected chi connectivity index (χ2v) is 5.33. The molecule has 0 aromatic heterocycles. The molecule has 2 aliphatic rings. The average Bonchev–Trinajstić information content (AvgIpc) is 2.97. The van der Waals surface area contributed by atoms with Crippen molar-refractivity contribution in [1.29, 1.82) is 0 Å². The summed E-state index contributed by atoms with van der Waals surface area (Å²) in [6, 6.07) is 7.12. The van der Waals surface area contributed by atoms with Crippen molar-refractivity contribution in [2.24, 2.45) is 5.92 Å². The number of hydrogen-bond donors (Lipinski definition) is 1. The molecule has 0 aliphatic carbocycles. The molecule has 0 saturated carbocycles. The summed E-state index contributed by atoms with van der Waals surface area (Å²) in [5.74, 6) is -0.547. The molecule has 106 valence electrons. The fraction of sp³-hybridized carbons (Fsp3) is 0.467. The number of hydrogen-bond acceptors (Lipinski definition) is 4. The Morgan fingerprint density at radius 3 is 2.90 bits per heavy atom. The van der Waals surface area contributed by atoms with E-state index in [-0.39, 0.29) is 30.7 Å². The Hall–Kier alpha value is -1.72. The normalized spacial score (nSPS) is 23.9. The molecule has 2 atom stereocenters. The van der Waals surface area contributed by atoms with Crippen molar-refractivity contribution in [3.63, 3.8) is 0 Å². The van der Waals surface area contributed by atoms with Crippen molar-refractivity contribution in [3.05, 3.63) is 35.4 Å². The highest BCUT2D eigenvalue weighted by Gasteiger charge is 2.34. The highest BCUT2D eigenvalue weighted by molar-refractivity contribution is 6.09. The average molecular weight is 275 g/mol. The van der Waals surface area contributed by atoms with Crippen molar-refractivity contribution in [2.75, 3.05) is 19.8 Å². The first-order valence-electron chi connectivity index (χ1n) is 6.85. The van der Waals surface area contributed by atoms with Gasteiger partial charge < -0.3 is 9.84 Å². The minimum atomic E-state index is -0.712. The predicted molar refractivity (Wildman–Crippen MR) is 71.1 cm³/mol. The summed E-state index contributed by atoms with van der Waals surface area (Å²) >= 11 is 0. The lowest BCUT2D eigenvalue weighted by atomic mass is 9.96. The number of nitrogens with zero attached hydrogens (tertiary/aromatic N) is 1. The van der Waals surface area contributed by atoms with Gasteiger partial charge in [-0.05, 0) is 18.1 Å². The Morgan fingerprint density at radius 2 is 2.15 bits per heavy atom. The van der Waals surface area contributed by atoms with E-state index in [4.69, 9.17) is 4.74 Å². The Bertz CT molecular complexity index is 536. The summed E-state index contributed by atoms with van der Waals surface area (Å²) in [6.07, 6.45) is 0.278. The molecule has 0 radical (unpaired) electrons. The first-order chi connectivity index (χ1) is 9.66. The topological polar surface area (TPSA) is 66.8 Å². The number of aliphatic hydroxyl groups excluding tert-OH is 1. The van der Waals surface area contributed by atoms with E-state index >= 15 is 0 Å². The van der Waals surface area contributed by atoms with E-state index < -0.39 is 6.10 Å². The maximum atomic E-state index is 12.3. The lowest BCUT2D eigenvalue weighted by Gasteiger charge is -2.30. The molecule has 3 rings (SSSR count). The number of rotatable bonds is 3. The number of imide groups is 1. The second-order valence-electron chi connectivity index (χ2n) is 5.33. The van der Waals surface area contributed by atoms with Crippen LogP contribution in [-0.2, 0) is 16.0 Å². The smallest absolute Gasteiger partial charge is 0.260 e. The van der Waals surface area contributed by atoms with Crippen LogP contribution in [0, 0.1) is 5.92 Å². The monoisotopic (exact) mass is 275 g/mol.